The summed E-state index contributed by atoms with van der Waals surface area (Å²) in [6, 6.07) is 5.37. The number of fused-ring (bicyclic) bond motifs is 1. The van der Waals surface area contributed by atoms with Gasteiger partial charge in [0.25, 0.3) is 0 Å². The summed E-state index contributed by atoms with van der Waals surface area (Å²) in [6.45, 7) is 0. The molecule has 3 aromatic rings. The standard InChI is InChI=1S/C11H9N5S/c12-9-4-10(13)16-8(6-17-11(16)15-9)7-2-1-3-14-5-7/h1-6,13H,12H2. The van der Waals surface area contributed by atoms with E-state index in [1.54, 1.807) is 22.9 Å². The molecule has 0 bridgehead atoms. The molecule has 3 rings (SSSR count). The van der Waals surface area contributed by atoms with Gasteiger partial charge in [-0.05, 0) is 12.1 Å². The quantitative estimate of drug-likeness (QED) is 0.680. The second-order valence-electron chi connectivity index (χ2n) is 3.55. The molecule has 17 heavy (non-hydrogen) atoms. The van der Waals surface area contributed by atoms with E-state index in [4.69, 9.17) is 11.1 Å². The molecule has 84 valence electrons. The first kappa shape index (κ1) is 9.98. The lowest BCUT2D eigenvalue weighted by Crippen LogP contribution is -2.14. The monoisotopic (exact) mass is 243 g/mol. The van der Waals surface area contributed by atoms with E-state index in [-0.39, 0.29) is 0 Å². The lowest BCUT2D eigenvalue weighted by atomic mass is 10.2. The van der Waals surface area contributed by atoms with E-state index in [0.717, 1.165) is 11.3 Å². The summed E-state index contributed by atoms with van der Waals surface area (Å²) >= 11 is 1.46. The molecule has 0 aromatic carbocycles. The van der Waals surface area contributed by atoms with Crippen LogP contribution in [0.5, 0.6) is 0 Å². The normalized spacial score (nSPS) is 10.8. The molecule has 0 atom stereocenters. The van der Waals surface area contributed by atoms with Crippen LogP contribution < -0.4 is 11.2 Å². The summed E-state index contributed by atoms with van der Waals surface area (Å²) in [5.41, 5.74) is 7.82. The predicted octanol–water partition coefficient (Wildman–Crippen LogP) is 1.52. The largest absolute Gasteiger partial charge is 0.383 e. The Kier molecular flexibility index (Phi) is 2.15. The van der Waals surface area contributed by atoms with Crippen molar-refractivity contribution < 1.29 is 0 Å². The molecule has 0 aliphatic heterocycles. The van der Waals surface area contributed by atoms with Gasteiger partial charge in [0.2, 0.25) is 0 Å². The summed E-state index contributed by atoms with van der Waals surface area (Å²) in [4.78, 5) is 9.00. The summed E-state index contributed by atoms with van der Waals surface area (Å²) in [5, 5.41) is 9.90. The summed E-state index contributed by atoms with van der Waals surface area (Å²) in [7, 11) is 0. The first-order valence-electron chi connectivity index (χ1n) is 4.97. The minimum Gasteiger partial charge on any atom is -0.383 e. The van der Waals surface area contributed by atoms with E-state index in [1.165, 1.54) is 11.3 Å². The van der Waals surface area contributed by atoms with Gasteiger partial charge in [0.05, 0.1) is 5.69 Å². The Labute approximate surface area is 101 Å². The summed E-state index contributed by atoms with van der Waals surface area (Å²) < 4.78 is 1.76. The first-order valence-corrected chi connectivity index (χ1v) is 5.85. The van der Waals surface area contributed by atoms with Crippen molar-refractivity contribution in [1.29, 1.82) is 5.41 Å². The molecule has 6 heteroatoms. The third kappa shape index (κ3) is 1.58. The van der Waals surface area contributed by atoms with E-state index in [1.807, 2.05) is 17.5 Å². The number of hydrogen-bond donors (Lipinski definition) is 2. The number of nitrogens with zero attached hydrogens (tertiary/aromatic N) is 3. The van der Waals surface area contributed by atoms with Crippen molar-refractivity contribution in [2.45, 2.75) is 0 Å². The van der Waals surface area contributed by atoms with E-state index in [9.17, 15) is 0 Å². The third-order valence-electron chi connectivity index (χ3n) is 2.42. The molecule has 0 fully saturated rings. The number of nitrogens with two attached hydrogens (primary N) is 1. The zero-order valence-electron chi connectivity index (χ0n) is 8.79. The van der Waals surface area contributed by atoms with E-state index in [2.05, 4.69) is 9.97 Å². The van der Waals surface area contributed by atoms with Gasteiger partial charge in [-0.25, -0.2) is 4.98 Å². The number of nitrogens with one attached hydrogen (secondary N) is 1. The summed E-state index contributed by atoms with van der Waals surface area (Å²) in [6.07, 6.45) is 3.49. The van der Waals surface area contributed by atoms with Crippen LogP contribution in [0.15, 0.2) is 36.0 Å². The van der Waals surface area contributed by atoms with E-state index < -0.39 is 0 Å². The minimum atomic E-state index is 0.326. The Bertz CT molecular complexity index is 728. The molecule has 0 saturated heterocycles. The topological polar surface area (TPSA) is 80.1 Å². The van der Waals surface area contributed by atoms with Crippen molar-refractivity contribution in [1.82, 2.24) is 14.4 Å². The lowest BCUT2D eigenvalue weighted by molar-refractivity contribution is 1.00. The first-order chi connectivity index (χ1) is 8.25. The Morgan fingerprint density at radius 2 is 2.29 bits per heavy atom. The highest BCUT2D eigenvalue weighted by Crippen LogP contribution is 2.23. The number of hydrogen-bond acceptors (Lipinski definition) is 5. The number of rotatable bonds is 1. The maximum Gasteiger partial charge on any atom is 0.197 e. The summed E-state index contributed by atoms with van der Waals surface area (Å²) in [5.74, 6) is 0.370. The number of nitrogen functional groups attached to an aromatic ring is 1. The van der Waals surface area contributed by atoms with Crippen molar-refractivity contribution in [3.8, 4) is 11.3 Å². The van der Waals surface area contributed by atoms with Gasteiger partial charge in [-0.2, -0.15) is 0 Å². The maximum atomic E-state index is 7.94. The molecular formula is C11H9N5S. The second kappa shape index (κ2) is 3.67. The van der Waals surface area contributed by atoms with Gasteiger partial charge in [0.15, 0.2) is 4.96 Å². The van der Waals surface area contributed by atoms with Crippen LogP contribution in [0, 0.1) is 5.41 Å². The lowest BCUT2D eigenvalue weighted by Gasteiger charge is -2.01. The number of anilines is 1. The number of pyridine rings is 1. The van der Waals surface area contributed by atoms with Crippen molar-refractivity contribution in [2.24, 2.45) is 0 Å². The van der Waals surface area contributed by atoms with Gasteiger partial charge in [0.1, 0.15) is 11.3 Å². The van der Waals surface area contributed by atoms with Crippen LogP contribution in [0.2, 0.25) is 0 Å². The molecule has 0 aliphatic rings. The van der Waals surface area contributed by atoms with Crippen molar-refractivity contribution in [3.63, 3.8) is 0 Å². The van der Waals surface area contributed by atoms with E-state index >= 15 is 0 Å². The average molecular weight is 243 g/mol. The third-order valence-corrected chi connectivity index (χ3v) is 3.24. The van der Waals surface area contributed by atoms with Crippen LogP contribution in [0.4, 0.5) is 5.82 Å². The smallest absolute Gasteiger partial charge is 0.197 e. The highest BCUT2D eigenvalue weighted by atomic mass is 32.1. The second-order valence-corrected chi connectivity index (χ2v) is 4.38. The van der Waals surface area contributed by atoms with Crippen LogP contribution in [0.3, 0.4) is 0 Å². The maximum absolute atomic E-state index is 7.94. The van der Waals surface area contributed by atoms with Gasteiger partial charge >= 0.3 is 0 Å². The Morgan fingerprint density at radius 1 is 1.41 bits per heavy atom. The molecule has 0 aliphatic carbocycles. The molecule has 0 spiro atoms. The minimum absolute atomic E-state index is 0.326. The fraction of sp³-hybridized carbons (Fsp3) is 0. The molecule has 0 saturated carbocycles. The van der Waals surface area contributed by atoms with Gasteiger partial charge in [-0.3, -0.25) is 14.8 Å². The molecule has 3 aromatic heterocycles. The van der Waals surface area contributed by atoms with Crippen LogP contribution in [0.1, 0.15) is 0 Å². The molecule has 0 radical (unpaired) electrons. The fourth-order valence-corrected chi connectivity index (χ4v) is 2.60. The zero-order chi connectivity index (χ0) is 11.8. The molecule has 0 unspecified atom stereocenters. The molecule has 5 nitrogen and oxygen atoms in total. The van der Waals surface area contributed by atoms with Gasteiger partial charge in [-0.15, -0.1) is 11.3 Å². The van der Waals surface area contributed by atoms with Crippen molar-refractivity contribution >= 4 is 22.1 Å². The Balaban J connectivity index is 2.37. The molecule has 0 amide bonds. The van der Waals surface area contributed by atoms with Crippen LogP contribution in [0.25, 0.3) is 16.2 Å². The van der Waals surface area contributed by atoms with Gasteiger partial charge in [0, 0.05) is 29.4 Å². The predicted molar refractivity (Wildman–Crippen MR) is 66.6 cm³/mol. The fourth-order valence-electron chi connectivity index (χ4n) is 1.68. The van der Waals surface area contributed by atoms with Crippen molar-refractivity contribution in [3.05, 3.63) is 41.5 Å². The van der Waals surface area contributed by atoms with Crippen LogP contribution >= 0.6 is 11.3 Å². The van der Waals surface area contributed by atoms with Gasteiger partial charge in [-0.1, -0.05) is 0 Å². The van der Waals surface area contributed by atoms with Gasteiger partial charge < -0.3 is 5.73 Å². The number of thiazole rings is 1. The van der Waals surface area contributed by atoms with Crippen LogP contribution in [-0.2, 0) is 0 Å². The molecule has 3 N–H and O–H groups in total. The Hall–Kier alpha value is -2.21. The van der Waals surface area contributed by atoms with E-state index in [0.29, 0.717) is 16.3 Å². The highest BCUT2D eigenvalue weighted by Gasteiger charge is 2.08. The number of aromatic nitrogens is 3. The average Bonchev–Trinajstić information content (AvgIpc) is 2.74. The SMILES string of the molecule is N=c1cc(N)nc2scc(-c3cccnc3)n12. The highest BCUT2D eigenvalue weighted by molar-refractivity contribution is 7.15. The molecule has 3 heterocycles. The van der Waals surface area contributed by atoms with Crippen LogP contribution in [-0.4, -0.2) is 14.4 Å². The molecular weight excluding hydrogens is 234 g/mol. The Morgan fingerprint density at radius 3 is 3.06 bits per heavy atom. The van der Waals surface area contributed by atoms with Crippen molar-refractivity contribution in [2.75, 3.05) is 5.73 Å². The zero-order valence-corrected chi connectivity index (χ0v) is 9.61.